The van der Waals surface area contributed by atoms with E-state index in [1.807, 2.05) is 0 Å². The van der Waals surface area contributed by atoms with Crippen LogP contribution in [0.5, 0.6) is 5.75 Å². The molecule has 0 spiro atoms. The number of ether oxygens (including phenoxy) is 1. The van der Waals surface area contributed by atoms with Crippen molar-refractivity contribution < 1.29 is 31.1 Å². The largest absolute Gasteiger partial charge is 0.573 e. The Hall–Kier alpha value is -2.83. The van der Waals surface area contributed by atoms with Crippen molar-refractivity contribution in [2.24, 2.45) is 0 Å². The van der Waals surface area contributed by atoms with Crippen LogP contribution in [0.25, 0.3) is 0 Å². The van der Waals surface area contributed by atoms with E-state index < -0.39 is 22.1 Å². The van der Waals surface area contributed by atoms with E-state index in [1.165, 1.54) is 41.4 Å². The molecule has 7 nitrogen and oxygen atoms in total. The third-order valence-corrected chi connectivity index (χ3v) is 6.96. The van der Waals surface area contributed by atoms with Crippen molar-refractivity contribution in [1.29, 1.82) is 0 Å². The Bertz CT molecular complexity index is 1280. The number of nitrogens with zero attached hydrogens (tertiary/aromatic N) is 2. The Balaban J connectivity index is 1.50. The lowest BCUT2D eigenvalue weighted by molar-refractivity contribution is -0.274. The summed E-state index contributed by atoms with van der Waals surface area (Å²) >= 11 is 7.00. The maximum atomic E-state index is 12.7. The number of nitrogens with one attached hydrogen (secondary N) is 1. The molecular formula is C19H13ClF3N3O4S2. The van der Waals surface area contributed by atoms with Crippen LogP contribution in [-0.2, 0) is 23.1 Å². The fourth-order valence-electron chi connectivity index (χ4n) is 3.17. The van der Waals surface area contributed by atoms with Crippen LogP contribution in [0.4, 0.5) is 18.3 Å². The van der Waals surface area contributed by atoms with Gasteiger partial charge in [-0.25, -0.2) is 13.4 Å². The number of carbonyl (C=O) groups is 1. The molecule has 3 aromatic rings. The highest BCUT2D eigenvalue weighted by atomic mass is 35.5. The molecule has 1 N–H and O–H groups in total. The molecule has 4 rings (SSSR count). The zero-order valence-corrected chi connectivity index (χ0v) is 18.3. The lowest BCUT2D eigenvalue weighted by Gasteiger charge is -2.17. The standard InChI is InChI=1S/C19H13ClF3N3O4S2/c20-15-7-11(1-4-16(15)30-19(21,22)23)9-26-10-12-8-13(2-3-14(12)17(26)27)32(28,29)25-18-24-5-6-31-18/h1-8H,9-10H2,(H,24,25). The maximum Gasteiger partial charge on any atom is 0.573 e. The number of sulfonamides is 1. The minimum absolute atomic E-state index is 0.0159. The van der Waals surface area contributed by atoms with E-state index in [-0.39, 0.29) is 34.0 Å². The Labute approximate surface area is 189 Å². The summed E-state index contributed by atoms with van der Waals surface area (Å²) in [4.78, 5) is 18.0. The molecular weight excluding hydrogens is 491 g/mol. The van der Waals surface area contributed by atoms with E-state index in [0.29, 0.717) is 16.7 Å². The molecule has 1 aromatic heterocycles. The summed E-state index contributed by atoms with van der Waals surface area (Å²) in [6.07, 6.45) is -3.40. The number of aromatic nitrogens is 1. The van der Waals surface area contributed by atoms with E-state index >= 15 is 0 Å². The highest BCUT2D eigenvalue weighted by molar-refractivity contribution is 7.93. The zero-order chi connectivity index (χ0) is 23.1. The minimum atomic E-state index is -4.87. The molecule has 0 atom stereocenters. The Morgan fingerprint density at radius 1 is 1.22 bits per heavy atom. The molecule has 0 radical (unpaired) electrons. The topological polar surface area (TPSA) is 88.6 Å². The van der Waals surface area contributed by atoms with E-state index in [0.717, 1.165) is 17.4 Å². The first-order valence-electron chi connectivity index (χ1n) is 8.90. The van der Waals surface area contributed by atoms with E-state index in [2.05, 4.69) is 14.4 Å². The monoisotopic (exact) mass is 503 g/mol. The number of hydrogen-bond acceptors (Lipinski definition) is 6. The molecule has 1 amide bonds. The van der Waals surface area contributed by atoms with Crippen LogP contribution in [0.3, 0.4) is 0 Å². The molecule has 0 bridgehead atoms. The highest BCUT2D eigenvalue weighted by Gasteiger charge is 2.32. The van der Waals surface area contributed by atoms with E-state index in [9.17, 15) is 26.4 Å². The van der Waals surface area contributed by atoms with Gasteiger partial charge in [0.2, 0.25) is 0 Å². The van der Waals surface area contributed by atoms with Crippen LogP contribution in [0, 0.1) is 0 Å². The number of halogens is 4. The summed E-state index contributed by atoms with van der Waals surface area (Å²) in [5, 5.41) is 1.61. The second kappa shape index (κ2) is 8.26. The number of alkyl halides is 3. The second-order valence-corrected chi connectivity index (χ2v) is 9.72. The van der Waals surface area contributed by atoms with Crippen molar-refractivity contribution in [2.45, 2.75) is 24.3 Å². The average molecular weight is 504 g/mol. The number of carbonyl (C=O) groups excluding carboxylic acids is 1. The smallest absolute Gasteiger partial charge is 0.404 e. The molecule has 13 heteroatoms. The molecule has 0 aliphatic carbocycles. The summed E-state index contributed by atoms with van der Waals surface area (Å²) in [6.45, 7) is 0.201. The van der Waals surface area contributed by atoms with Gasteiger partial charge in [-0.05, 0) is 41.5 Å². The molecule has 0 fully saturated rings. The molecule has 1 aliphatic heterocycles. The summed E-state index contributed by atoms with van der Waals surface area (Å²) in [5.74, 6) is -0.870. The van der Waals surface area contributed by atoms with Gasteiger partial charge in [-0.3, -0.25) is 9.52 Å². The molecule has 32 heavy (non-hydrogen) atoms. The lowest BCUT2D eigenvalue weighted by atomic mass is 10.1. The first kappa shape index (κ1) is 22.4. The van der Waals surface area contributed by atoms with Gasteiger partial charge < -0.3 is 9.64 Å². The van der Waals surface area contributed by atoms with Gasteiger partial charge in [0.15, 0.2) is 5.13 Å². The highest BCUT2D eigenvalue weighted by Crippen LogP contribution is 2.32. The molecule has 0 unspecified atom stereocenters. The Morgan fingerprint density at radius 3 is 2.66 bits per heavy atom. The number of thiazole rings is 1. The van der Waals surface area contributed by atoms with Gasteiger partial charge in [-0.15, -0.1) is 24.5 Å². The minimum Gasteiger partial charge on any atom is -0.404 e. The van der Waals surface area contributed by atoms with Crippen LogP contribution < -0.4 is 9.46 Å². The van der Waals surface area contributed by atoms with Gasteiger partial charge in [0, 0.05) is 30.2 Å². The molecule has 168 valence electrons. The number of hydrogen-bond donors (Lipinski definition) is 1. The number of rotatable bonds is 6. The van der Waals surface area contributed by atoms with Crippen molar-refractivity contribution in [3.63, 3.8) is 0 Å². The Kier molecular flexibility index (Phi) is 5.77. The number of anilines is 1. The van der Waals surface area contributed by atoms with E-state index in [1.54, 1.807) is 5.38 Å². The van der Waals surface area contributed by atoms with Gasteiger partial charge in [0.1, 0.15) is 5.75 Å². The number of amides is 1. The van der Waals surface area contributed by atoms with Gasteiger partial charge in [0.05, 0.1) is 9.92 Å². The van der Waals surface area contributed by atoms with Crippen molar-refractivity contribution in [3.8, 4) is 5.75 Å². The molecule has 2 heterocycles. The third-order valence-electron chi connectivity index (χ3n) is 4.52. The average Bonchev–Trinajstić information content (AvgIpc) is 3.30. The molecule has 0 saturated carbocycles. The molecule has 2 aromatic carbocycles. The first-order chi connectivity index (χ1) is 15.0. The fourth-order valence-corrected chi connectivity index (χ4v) is 5.25. The summed E-state index contributed by atoms with van der Waals surface area (Å²) in [7, 11) is -3.88. The number of fused-ring (bicyclic) bond motifs is 1. The van der Waals surface area contributed by atoms with Crippen molar-refractivity contribution in [3.05, 3.63) is 69.7 Å². The van der Waals surface area contributed by atoms with Crippen molar-refractivity contribution >= 4 is 44.0 Å². The summed E-state index contributed by atoms with van der Waals surface area (Å²) < 4.78 is 68.5. The number of benzene rings is 2. The summed E-state index contributed by atoms with van der Waals surface area (Å²) in [5.41, 5.74) is 1.35. The Morgan fingerprint density at radius 2 is 2.00 bits per heavy atom. The van der Waals surface area contributed by atoms with Crippen LogP contribution in [0.1, 0.15) is 21.5 Å². The fraction of sp³-hybridized carbons (Fsp3) is 0.158. The van der Waals surface area contributed by atoms with Crippen LogP contribution in [0.15, 0.2) is 52.9 Å². The zero-order valence-electron chi connectivity index (χ0n) is 15.9. The molecule has 1 aliphatic rings. The predicted molar refractivity (Wildman–Crippen MR) is 111 cm³/mol. The van der Waals surface area contributed by atoms with Gasteiger partial charge in [-0.2, -0.15) is 0 Å². The van der Waals surface area contributed by atoms with Crippen LogP contribution in [0.2, 0.25) is 5.02 Å². The van der Waals surface area contributed by atoms with Crippen LogP contribution in [-0.4, -0.2) is 30.6 Å². The SMILES string of the molecule is O=C1c2ccc(S(=O)(=O)Nc3nccs3)cc2CN1Cc1ccc(OC(F)(F)F)c(Cl)c1. The van der Waals surface area contributed by atoms with Crippen molar-refractivity contribution in [1.82, 2.24) is 9.88 Å². The predicted octanol–water partition coefficient (Wildman–Crippen LogP) is 4.65. The van der Waals surface area contributed by atoms with Crippen LogP contribution >= 0.6 is 22.9 Å². The van der Waals surface area contributed by atoms with Gasteiger partial charge in [-0.1, -0.05) is 17.7 Å². The first-order valence-corrected chi connectivity index (χ1v) is 11.6. The van der Waals surface area contributed by atoms with Crippen molar-refractivity contribution in [2.75, 3.05) is 4.72 Å². The third kappa shape index (κ3) is 4.81. The quantitative estimate of drug-likeness (QED) is 0.529. The molecule has 0 saturated heterocycles. The second-order valence-electron chi connectivity index (χ2n) is 6.74. The van der Waals surface area contributed by atoms with Gasteiger partial charge in [0.25, 0.3) is 15.9 Å². The van der Waals surface area contributed by atoms with E-state index in [4.69, 9.17) is 11.6 Å². The maximum absolute atomic E-state index is 12.7. The lowest BCUT2D eigenvalue weighted by Crippen LogP contribution is -2.23. The summed E-state index contributed by atoms with van der Waals surface area (Å²) in [6, 6.07) is 7.91. The van der Waals surface area contributed by atoms with Gasteiger partial charge >= 0.3 is 6.36 Å². The normalized spacial score (nSPS) is 13.9.